The van der Waals surface area contributed by atoms with Gasteiger partial charge < -0.3 is 14.2 Å². The third-order valence-corrected chi connectivity index (χ3v) is 14.1. The number of unbranched alkanes of at least 4 members (excludes halogenated alkanes) is 32. The van der Waals surface area contributed by atoms with Crippen molar-refractivity contribution in [2.75, 3.05) is 13.2 Å². The molecule has 442 valence electrons. The molecule has 0 saturated heterocycles. The molecule has 0 heterocycles. The molecule has 0 radical (unpaired) electrons. The lowest BCUT2D eigenvalue weighted by Crippen LogP contribution is -2.30. The fourth-order valence-corrected chi connectivity index (χ4v) is 9.18. The summed E-state index contributed by atoms with van der Waals surface area (Å²) in [6.45, 7) is 6.49. The Bertz CT molecular complexity index is 1510. The first-order chi connectivity index (χ1) is 38.0. The van der Waals surface area contributed by atoms with Crippen LogP contribution in [0.3, 0.4) is 0 Å². The number of allylic oxidation sites excluding steroid dienone is 16. The highest BCUT2D eigenvalue weighted by atomic mass is 16.6. The summed E-state index contributed by atoms with van der Waals surface area (Å²) in [6, 6.07) is 0. The van der Waals surface area contributed by atoms with Crippen molar-refractivity contribution in [1.82, 2.24) is 0 Å². The molecular formula is C71H122O6. The molecule has 0 N–H and O–H groups in total. The molecule has 6 nitrogen and oxygen atoms in total. The van der Waals surface area contributed by atoms with Crippen molar-refractivity contribution in [3.05, 3.63) is 97.2 Å². The van der Waals surface area contributed by atoms with Gasteiger partial charge in [0.1, 0.15) is 13.2 Å². The van der Waals surface area contributed by atoms with Crippen molar-refractivity contribution in [3.8, 4) is 0 Å². The van der Waals surface area contributed by atoms with Gasteiger partial charge in [-0.3, -0.25) is 14.4 Å². The molecule has 77 heavy (non-hydrogen) atoms. The van der Waals surface area contributed by atoms with Gasteiger partial charge in [-0.1, -0.05) is 291 Å². The molecule has 0 saturated carbocycles. The Kier molecular flexibility index (Phi) is 61.8. The third kappa shape index (κ3) is 63.0. The Balaban J connectivity index is 4.13. The van der Waals surface area contributed by atoms with Crippen molar-refractivity contribution in [2.24, 2.45) is 0 Å². The number of hydrogen-bond donors (Lipinski definition) is 0. The Morgan fingerprint density at radius 1 is 0.273 bits per heavy atom. The van der Waals surface area contributed by atoms with Crippen LogP contribution in [0.5, 0.6) is 0 Å². The van der Waals surface area contributed by atoms with Crippen molar-refractivity contribution in [1.29, 1.82) is 0 Å². The lowest BCUT2D eigenvalue weighted by molar-refractivity contribution is -0.167. The van der Waals surface area contributed by atoms with Gasteiger partial charge >= 0.3 is 17.9 Å². The average molecular weight is 1070 g/mol. The van der Waals surface area contributed by atoms with E-state index in [2.05, 4.69) is 118 Å². The molecule has 0 aliphatic carbocycles. The molecular weight excluding hydrogens is 949 g/mol. The second kappa shape index (κ2) is 64.9. The molecule has 0 aromatic carbocycles. The summed E-state index contributed by atoms with van der Waals surface area (Å²) in [5.74, 6) is -0.890. The van der Waals surface area contributed by atoms with Crippen molar-refractivity contribution < 1.29 is 28.6 Å². The minimum atomic E-state index is -0.782. The highest BCUT2D eigenvalue weighted by Crippen LogP contribution is 2.16. The van der Waals surface area contributed by atoms with Crippen molar-refractivity contribution in [3.63, 3.8) is 0 Å². The molecule has 1 unspecified atom stereocenters. The second-order valence-electron chi connectivity index (χ2n) is 21.6. The van der Waals surface area contributed by atoms with Crippen LogP contribution in [0.1, 0.15) is 316 Å². The van der Waals surface area contributed by atoms with E-state index in [9.17, 15) is 14.4 Å². The fourth-order valence-electron chi connectivity index (χ4n) is 9.18. The summed E-state index contributed by atoms with van der Waals surface area (Å²) in [5.41, 5.74) is 0. The Labute approximate surface area is 477 Å². The molecule has 0 spiro atoms. The van der Waals surface area contributed by atoms with Gasteiger partial charge in [-0.15, -0.1) is 0 Å². The number of carbonyl (C=O) groups is 3. The zero-order chi connectivity index (χ0) is 55.7. The maximum Gasteiger partial charge on any atom is 0.306 e. The summed E-state index contributed by atoms with van der Waals surface area (Å²) in [5, 5.41) is 0. The standard InChI is InChI=1S/C71H122O6/c1-4-7-10-13-16-18-20-22-24-26-28-30-32-33-34-35-36-37-39-40-42-44-46-48-50-52-55-58-61-64-70(73)76-67-68(66-75-69(72)63-60-57-54-15-12-9-6-3)77-71(74)65-62-59-56-53-51-49-47-45-43-41-38-31-29-27-25-23-21-19-17-14-11-8-5-2/h8,11,17,19-20,22-23,25-26,28-29,31-33,41,43,68H,4-7,9-10,12-16,18,21,24,27,30,34-40,42,44-67H2,1-3H3/b11-8-,19-17-,22-20-,25-23-,28-26-,31-29-,33-32-,43-41-. The van der Waals surface area contributed by atoms with Crippen LogP contribution >= 0.6 is 0 Å². The van der Waals surface area contributed by atoms with Gasteiger partial charge in [-0.2, -0.15) is 0 Å². The van der Waals surface area contributed by atoms with E-state index in [-0.39, 0.29) is 31.1 Å². The van der Waals surface area contributed by atoms with Crippen LogP contribution in [0.4, 0.5) is 0 Å². The number of ether oxygens (including phenoxy) is 3. The van der Waals surface area contributed by atoms with Gasteiger partial charge in [0.2, 0.25) is 0 Å². The van der Waals surface area contributed by atoms with Gasteiger partial charge in [0, 0.05) is 19.3 Å². The molecule has 0 aromatic heterocycles. The van der Waals surface area contributed by atoms with E-state index in [1.165, 1.54) is 167 Å². The third-order valence-electron chi connectivity index (χ3n) is 14.1. The summed E-state index contributed by atoms with van der Waals surface area (Å²) in [6.07, 6.45) is 87.3. The first-order valence-electron chi connectivity index (χ1n) is 32.7. The fraction of sp³-hybridized carbons (Fsp3) is 0.732. The molecule has 0 aromatic rings. The largest absolute Gasteiger partial charge is 0.462 e. The lowest BCUT2D eigenvalue weighted by atomic mass is 10.0. The molecule has 0 rings (SSSR count). The molecule has 0 amide bonds. The Morgan fingerprint density at radius 3 is 0.792 bits per heavy atom. The maximum atomic E-state index is 12.9. The monoisotopic (exact) mass is 1070 g/mol. The lowest BCUT2D eigenvalue weighted by Gasteiger charge is -2.18. The van der Waals surface area contributed by atoms with Crippen LogP contribution in [0.15, 0.2) is 97.2 Å². The first kappa shape index (κ1) is 73.3. The molecule has 0 aliphatic rings. The normalized spacial score (nSPS) is 12.7. The highest BCUT2D eigenvalue weighted by molar-refractivity contribution is 5.71. The summed E-state index contributed by atoms with van der Waals surface area (Å²) in [4.78, 5) is 38.1. The van der Waals surface area contributed by atoms with Crippen LogP contribution in [0.2, 0.25) is 0 Å². The van der Waals surface area contributed by atoms with Gasteiger partial charge in [-0.25, -0.2) is 0 Å². The van der Waals surface area contributed by atoms with E-state index < -0.39 is 6.10 Å². The molecule has 6 heteroatoms. The average Bonchev–Trinajstić information content (AvgIpc) is 3.43. The number of esters is 3. The first-order valence-corrected chi connectivity index (χ1v) is 32.7. The Morgan fingerprint density at radius 2 is 0.506 bits per heavy atom. The van der Waals surface area contributed by atoms with Crippen LogP contribution in [-0.2, 0) is 28.6 Å². The SMILES string of the molecule is CC/C=C\C/C=C\C/C=C\C/C=C\C/C=C\CCCCCCCCCC(=O)OC(COC(=O)CCCCCCCCC)COC(=O)CCCCCCCCCCCCCCCC/C=C\C/C=C\C/C=C\CCCCCCC. The van der Waals surface area contributed by atoms with Crippen LogP contribution in [0.25, 0.3) is 0 Å². The van der Waals surface area contributed by atoms with E-state index in [4.69, 9.17) is 14.2 Å². The Hall–Kier alpha value is -3.67. The molecule has 0 bridgehead atoms. The number of carbonyl (C=O) groups excluding carboxylic acids is 3. The van der Waals surface area contributed by atoms with Crippen LogP contribution < -0.4 is 0 Å². The second-order valence-corrected chi connectivity index (χ2v) is 21.6. The maximum absolute atomic E-state index is 12.9. The van der Waals surface area contributed by atoms with Gasteiger partial charge in [0.15, 0.2) is 6.10 Å². The van der Waals surface area contributed by atoms with Crippen molar-refractivity contribution in [2.45, 2.75) is 322 Å². The minimum absolute atomic E-state index is 0.0806. The minimum Gasteiger partial charge on any atom is -0.462 e. The van der Waals surface area contributed by atoms with Gasteiger partial charge in [0.05, 0.1) is 0 Å². The van der Waals surface area contributed by atoms with E-state index in [1.54, 1.807) is 0 Å². The summed E-state index contributed by atoms with van der Waals surface area (Å²) >= 11 is 0. The molecule has 1 atom stereocenters. The zero-order valence-corrected chi connectivity index (χ0v) is 50.7. The predicted octanol–water partition coefficient (Wildman–Crippen LogP) is 22.4. The van der Waals surface area contributed by atoms with E-state index in [0.717, 1.165) is 109 Å². The summed E-state index contributed by atoms with van der Waals surface area (Å²) in [7, 11) is 0. The smallest absolute Gasteiger partial charge is 0.306 e. The van der Waals surface area contributed by atoms with E-state index >= 15 is 0 Å². The topological polar surface area (TPSA) is 78.9 Å². The van der Waals surface area contributed by atoms with E-state index in [0.29, 0.717) is 19.3 Å². The summed E-state index contributed by atoms with van der Waals surface area (Å²) < 4.78 is 16.8. The van der Waals surface area contributed by atoms with Crippen LogP contribution in [-0.4, -0.2) is 37.2 Å². The quantitative estimate of drug-likeness (QED) is 0.0261. The number of hydrogen-bond acceptors (Lipinski definition) is 6. The zero-order valence-electron chi connectivity index (χ0n) is 50.7. The van der Waals surface area contributed by atoms with Crippen LogP contribution in [0, 0.1) is 0 Å². The van der Waals surface area contributed by atoms with Crippen molar-refractivity contribution >= 4 is 17.9 Å². The predicted molar refractivity (Wildman–Crippen MR) is 334 cm³/mol. The highest BCUT2D eigenvalue weighted by Gasteiger charge is 2.19. The number of rotatable bonds is 59. The van der Waals surface area contributed by atoms with E-state index in [1.807, 2.05) is 0 Å². The van der Waals surface area contributed by atoms with Gasteiger partial charge in [0.25, 0.3) is 0 Å². The molecule has 0 aliphatic heterocycles. The molecule has 0 fully saturated rings. The van der Waals surface area contributed by atoms with Gasteiger partial charge in [-0.05, 0) is 103 Å².